The Morgan fingerprint density at radius 2 is 0.770 bits per heavy atom. The van der Waals surface area contributed by atoms with Crippen molar-refractivity contribution >= 4 is 19.8 Å². The first kappa shape index (κ1) is 72.0. The van der Waals surface area contributed by atoms with Gasteiger partial charge < -0.3 is 27.9 Å². The van der Waals surface area contributed by atoms with Crippen molar-refractivity contribution in [2.45, 2.75) is 302 Å². The van der Waals surface area contributed by atoms with Gasteiger partial charge in [0.05, 0.1) is 27.7 Å². The molecule has 0 saturated heterocycles. The zero-order valence-corrected chi connectivity index (χ0v) is 50.2. The fourth-order valence-electron chi connectivity index (χ4n) is 9.06. The molecule has 0 aliphatic heterocycles. The highest BCUT2D eigenvalue weighted by molar-refractivity contribution is 7.45. The number of likely N-dealkylation sites (N-methyl/N-ethyl adjacent to an activating group) is 1. The van der Waals surface area contributed by atoms with Crippen molar-refractivity contribution < 1.29 is 42.1 Å². The highest BCUT2D eigenvalue weighted by Gasteiger charge is 2.22. The molecule has 10 heteroatoms. The second kappa shape index (κ2) is 55.7. The summed E-state index contributed by atoms with van der Waals surface area (Å²) < 4.78 is 34.2. The Hall–Kier alpha value is -2.03. The maximum Gasteiger partial charge on any atom is 0.306 e. The van der Waals surface area contributed by atoms with Gasteiger partial charge in [-0.1, -0.05) is 281 Å². The Balaban J connectivity index is 4.09. The summed E-state index contributed by atoms with van der Waals surface area (Å²) in [6.07, 6.45) is 70.2. The molecule has 0 saturated carbocycles. The second-order valence-corrected chi connectivity index (χ2v) is 23.8. The number of rotatable bonds is 58. The number of hydrogen-bond acceptors (Lipinski definition) is 8. The van der Waals surface area contributed by atoms with Gasteiger partial charge in [-0.05, 0) is 51.4 Å². The number of carbonyl (C=O) groups is 2. The van der Waals surface area contributed by atoms with E-state index in [-0.39, 0.29) is 32.0 Å². The van der Waals surface area contributed by atoms with E-state index < -0.39 is 26.5 Å². The monoisotopic (exact) mass is 1060 g/mol. The number of hydrogen-bond donors (Lipinski definition) is 0. The first-order valence-corrected chi connectivity index (χ1v) is 32.8. The van der Waals surface area contributed by atoms with Crippen LogP contribution in [0.1, 0.15) is 296 Å². The summed E-state index contributed by atoms with van der Waals surface area (Å²) in [5.74, 6) is -0.821. The zero-order valence-electron chi connectivity index (χ0n) is 49.3. The number of esters is 2. The van der Waals surface area contributed by atoms with Crippen molar-refractivity contribution in [3.8, 4) is 0 Å². The highest BCUT2D eigenvalue weighted by atomic mass is 31.2. The lowest BCUT2D eigenvalue weighted by Crippen LogP contribution is -2.37. The number of nitrogens with zero attached hydrogens (tertiary/aromatic N) is 1. The maximum atomic E-state index is 12.8. The van der Waals surface area contributed by atoms with Crippen molar-refractivity contribution in [1.29, 1.82) is 0 Å². The fourth-order valence-corrected chi connectivity index (χ4v) is 9.79. The van der Waals surface area contributed by atoms with Crippen LogP contribution in [0.2, 0.25) is 0 Å². The van der Waals surface area contributed by atoms with Crippen LogP contribution in [0.15, 0.2) is 48.6 Å². The summed E-state index contributed by atoms with van der Waals surface area (Å²) in [4.78, 5) is 38.0. The zero-order chi connectivity index (χ0) is 54.2. The van der Waals surface area contributed by atoms with Crippen LogP contribution < -0.4 is 4.89 Å². The molecule has 0 heterocycles. The number of quaternary nitrogens is 1. The minimum atomic E-state index is -4.64. The van der Waals surface area contributed by atoms with E-state index in [1.165, 1.54) is 199 Å². The molecule has 0 fully saturated rings. The van der Waals surface area contributed by atoms with Crippen molar-refractivity contribution in [1.82, 2.24) is 0 Å². The Bertz CT molecular complexity index is 1390. The van der Waals surface area contributed by atoms with Crippen LogP contribution in [0.5, 0.6) is 0 Å². The number of allylic oxidation sites excluding steroid dienone is 8. The predicted octanol–water partition coefficient (Wildman–Crippen LogP) is 19.1. The van der Waals surface area contributed by atoms with E-state index in [2.05, 4.69) is 62.5 Å². The maximum absolute atomic E-state index is 12.8. The first-order valence-electron chi connectivity index (χ1n) is 31.3. The highest BCUT2D eigenvalue weighted by Crippen LogP contribution is 2.38. The van der Waals surface area contributed by atoms with Crippen molar-refractivity contribution in [3.63, 3.8) is 0 Å². The van der Waals surface area contributed by atoms with Gasteiger partial charge in [0.2, 0.25) is 0 Å². The molecule has 0 radical (unpaired) electrons. The normalized spacial score (nSPS) is 13.5. The molecular formula is C64H120NO8P. The largest absolute Gasteiger partial charge is 0.756 e. The summed E-state index contributed by atoms with van der Waals surface area (Å²) in [7, 11) is 1.18. The summed E-state index contributed by atoms with van der Waals surface area (Å²) in [6.45, 7) is 4.18. The molecule has 0 bridgehead atoms. The Labute approximate surface area is 458 Å². The van der Waals surface area contributed by atoms with E-state index >= 15 is 0 Å². The van der Waals surface area contributed by atoms with Gasteiger partial charge in [-0.25, -0.2) is 0 Å². The van der Waals surface area contributed by atoms with Crippen molar-refractivity contribution in [2.24, 2.45) is 0 Å². The lowest BCUT2D eigenvalue weighted by atomic mass is 10.0. The molecule has 0 aromatic carbocycles. The van der Waals surface area contributed by atoms with Crippen LogP contribution in [0.3, 0.4) is 0 Å². The molecule has 0 spiro atoms. The van der Waals surface area contributed by atoms with Gasteiger partial charge >= 0.3 is 11.9 Å². The number of phosphoric acid groups is 1. The van der Waals surface area contributed by atoms with Crippen LogP contribution >= 0.6 is 7.82 Å². The fraction of sp³-hybridized carbons (Fsp3) is 0.844. The Morgan fingerprint density at radius 3 is 1.15 bits per heavy atom. The van der Waals surface area contributed by atoms with Gasteiger partial charge in [-0.3, -0.25) is 14.2 Å². The van der Waals surface area contributed by atoms with E-state index in [1.807, 2.05) is 21.1 Å². The molecule has 2 atom stereocenters. The molecule has 0 aromatic heterocycles. The van der Waals surface area contributed by atoms with Crippen LogP contribution in [-0.4, -0.2) is 70.0 Å². The summed E-state index contributed by atoms with van der Waals surface area (Å²) in [5.41, 5.74) is 0. The molecule has 74 heavy (non-hydrogen) atoms. The third-order valence-electron chi connectivity index (χ3n) is 13.9. The number of carbonyl (C=O) groups excluding carboxylic acids is 2. The van der Waals surface area contributed by atoms with Gasteiger partial charge in [0.1, 0.15) is 19.8 Å². The van der Waals surface area contributed by atoms with E-state index in [1.54, 1.807) is 0 Å². The third kappa shape index (κ3) is 59.2. The molecule has 0 rings (SSSR count). The lowest BCUT2D eigenvalue weighted by Gasteiger charge is -2.28. The topological polar surface area (TPSA) is 111 Å². The molecule has 434 valence electrons. The average molecular weight is 1060 g/mol. The van der Waals surface area contributed by atoms with Gasteiger partial charge in [0.15, 0.2) is 6.10 Å². The molecule has 0 aromatic rings. The van der Waals surface area contributed by atoms with E-state index in [0.29, 0.717) is 17.4 Å². The van der Waals surface area contributed by atoms with Crippen LogP contribution in [0.4, 0.5) is 0 Å². The smallest absolute Gasteiger partial charge is 0.306 e. The quantitative estimate of drug-likeness (QED) is 0.0195. The summed E-state index contributed by atoms with van der Waals surface area (Å²) in [6, 6.07) is 0. The Morgan fingerprint density at radius 1 is 0.432 bits per heavy atom. The van der Waals surface area contributed by atoms with Gasteiger partial charge in [-0.2, -0.15) is 0 Å². The predicted molar refractivity (Wildman–Crippen MR) is 314 cm³/mol. The van der Waals surface area contributed by atoms with Crippen LogP contribution in [-0.2, 0) is 32.7 Å². The van der Waals surface area contributed by atoms with Crippen molar-refractivity contribution in [3.05, 3.63) is 48.6 Å². The van der Waals surface area contributed by atoms with Crippen molar-refractivity contribution in [2.75, 3.05) is 47.5 Å². The molecule has 0 N–H and O–H groups in total. The summed E-state index contributed by atoms with van der Waals surface area (Å²) >= 11 is 0. The van der Waals surface area contributed by atoms with E-state index in [4.69, 9.17) is 18.5 Å². The SMILES string of the molecule is CC/C=C\C/C=C\C/C=C\C/C=C\CCCCCCCCCCCCCCC(=O)OC(COC(=O)CCCCCCCCCCCCCCCCCCCCCCCCCCC)COP(=O)([O-])OCC[N+](C)(C)C. The van der Waals surface area contributed by atoms with Gasteiger partial charge in [0.25, 0.3) is 7.82 Å². The number of phosphoric ester groups is 1. The van der Waals surface area contributed by atoms with Gasteiger partial charge in [-0.15, -0.1) is 0 Å². The molecule has 0 aliphatic carbocycles. The second-order valence-electron chi connectivity index (χ2n) is 22.4. The van der Waals surface area contributed by atoms with E-state index in [0.717, 1.165) is 64.2 Å². The molecule has 0 amide bonds. The third-order valence-corrected chi connectivity index (χ3v) is 14.8. The van der Waals surface area contributed by atoms with Crippen LogP contribution in [0.25, 0.3) is 0 Å². The number of unbranched alkanes of at least 4 members (excludes halogenated alkanes) is 36. The first-order chi connectivity index (χ1) is 36.0. The lowest BCUT2D eigenvalue weighted by molar-refractivity contribution is -0.870. The minimum absolute atomic E-state index is 0.0302. The van der Waals surface area contributed by atoms with Crippen LogP contribution in [0, 0.1) is 0 Å². The Kier molecular flexibility index (Phi) is 54.2. The number of ether oxygens (including phenoxy) is 2. The standard InChI is InChI=1S/C64H120NO8P/c1-6-8-10-12-14-16-18-20-22-24-26-28-30-32-34-36-38-40-42-44-46-48-50-52-54-56-63(66)70-60-62(61-72-74(68,69)71-59-58-65(3,4)5)73-64(67)57-55-53-51-49-47-45-43-41-39-37-35-33-31-29-27-25-23-21-19-17-15-13-11-9-7-2/h9,11,15,17,21,23,27,29,62H,6-8,10,12-14,16,18-20,22,24-26,28,30-61H2,1-5H3/b11-9-,17-15-,23-21-,29-27-. The average Bonchev–Trinajstić information content (AvgIpc) is 3.36. The van der Waals surface area contributed by atoms with Gasteiger partial charge in [0, 0.05) is 12.8 Å². The molecular weight excluding hydrogens is 942 g/mol. The molecule has 2 unspecified atom stereocenters. The molecule has 0 aliphatic rings. The molecule has 9 nitrogen and oxygen atoms in total. The van der Waals surface area contributed by atoms with E-state index in [9.17, 15) is 19.0 Å². The minimum Gasteiger partial charge on any atom is -0.756 e. The summed E-state index contributed by atoms with van der Waals surface area (Å²) in [5, 5.41) is 0.